The molecule has 0 bridgehead atoms. The number of hydrogen-bond donors (Lipinski definition) is 2. The summed E-state index contributed by atoms with van der Waals surface area (Å²) >= 11 is 0. The van der Waals surface area contributed by atoms with E-state index in [0.717, 1.165) is 111 Å². The molecule has 0 radical (unpaired) electrons. The lowest BCUT2D eigenvalue weighted by Crippen LogP contribution is -2.51. The molecule has 1 aromatic carbocycles. The normalized spacial score (nSPS) is 25.6. The van der Waals surface area contributed by atoms with E-state index < -0.39 is 28.9 Å². The van der Waals surface area contributed by atoms with Crippen molar-refractivity contribution in [3.8, 4) is 5.75 Å². The molecule has 1 aromatic rings. The van der Waals surface area contributed by atoms with Gasteiger partial charge >= 0.3 is 18.2 Å². The van der Waals surface area contributed by atoms with Crippen molar-refractivity contribution in [2.45, 2.75) is 254 Å². The van der Waals surface area contributed by atoms with E-state index >= 15 is 0 Å². The van der Waals surface area contributed by atoms with Gasteiger partial charge in [0.2, 0.25) is 5.91 Å². The number of hydrogen-bond acceptors (Lipinski definition) is 8. The summed E-state index contributed by atoms with van der Waals surface area (Å²) in [5, 5.41) is 6.01. The number of methoxy groups -OCH3 is 1. The first kappa shape index (κ1) is 61.1. The lowest BCUT2D eigenvalue weighted by atomic mass is 9.47. The molecule has 9 atom stereocenters. The van der Waals surface area contributed by atoms with Crippen LogP contribution in [0.5, 0.6) is 5.75 Å². The van der Waals surface area contributed by atoms with Gasteiger partial charge in [0.25, 0.3) is 0 Å². The number of alkyl carbamates (subject to hydrolysis) is 2. The summed E-state index contributed by atoms with van der Waals surface area (Å²) in [5.41, 5.74) is 1.45. The molecule has 11 heteroatoms. The topological polar surface area (TPSA) is 132 Å². The van der Waals surface area contributed by atoms with E-state index in [9.17, 15) is 19.2 Å². The molecule has 0 spiro atoms. The van der Waals surface area contributed by atoms with Crippen LogP contribution in [-0.2, 0) is 30.4 Å². The van der Waals surface area contributed by atoms with Crippen molar-refractivity contribution in [1.29, 1.82) is 0 Å². The second-order valence-electron chi connectivity index (χ2n) is 26.8. The Bertz CT molecular complexity index is 1990. The Morgan fingerprint density at radius 1 is 0.757 bits per heavy atom. The maximum absolute atomic E-state index is 13.9. The summed E-state index contributed by atoms with van der Waals surface area (Å²) < 4.78 is 22.4. The Morgan fingerprint density at radius 2 is 1.43 bits per heavy atom. The minimum absolute atomic E-state index is 0.0239. The standard InChI is InChI=1S/C63H105N3O8/c1-15-47(44(2)3)27-24-45(4)52-32-33-53-51-31-28-48-42-50(34-37-62(48,12)54(51)35-38-63(52,53)13)73-56(68)23-21-22-55(67)66(41-39-61(10,11)65-58(70)74-59(5,6)7)40-20-18-16-17-19-36-60(8,9)64-57(69)72-43-46-25-29-49(71-14)30-26-46/h25-26,28-30,44-45,47,50-54H,15-24,27,31-43H2,1-14H3,(H,64,69)(H,65,70)/t45-,47-,50?,51?,52?,53?,54?,62?,63?/m1/s1. The van der Waals surface area contributed by atoms with E-state index in [1.165, 1.54) is 56.9 Å². The predicted molar refractivity (Wildman–Crippen MR) is 299 cm³/mol. The summed E-state index contributed by atoms with van der Waals surface area (Å²) in [6, 6.07) is 7.45. The first-order chi connectivity index (χ1) is 34.8. The second kappa shape index (κ2) is 27.0. The molecule has 0 aliphatic heterocycles. The van der Waals surface area contributed by atoms with E-state index in [1.807, 2.05) is 77.6 Å². The molecule has 3 amide bonds. The zero-order valence-corrected chi connectivity index (χ0v) is 49.2. The van der Waals surface area contributed by atoms with Gasteiger partial charge in [-0.15, -0.1) is 0 Å². The minimum Gasteiger partial charge on any atom is -0.497 e. The Morgan fingerprint density at radius 3 is 2.11 bits per heavy atom. The second-order valence-corrected chi connectivity index (χ2v) is 26.8. The van der Waals surface area contributed by atoms with E-state index in [0.29, 0.717) is 31.3 Å². The lowest BCUT2D eigenvalue weighted by Gasteiger charge is -2.58. The molecule has 0 heterocycles. The lowest BCUT2D eigenvalue weighted by molar-refractivity contribution is -0.151. The maximum Gasteiger partial charge on any atom is 0.408 e. The van der Waals surface area contributed by atoms with Gasteiger partial charge in [0.1, 0.15) is 24.1 Å². The van der Waals surface area contributed by atoms with Crippen molar-refractivity contribution in [2.75, 3.05) is 20.2 Å². The number of nitrogens with one attached hydrogen (secondary N) is 2. The smallest absolute Gasteiger partial charge is 0.408 e. The van der Waals surface area contributed by atoms with Crippen molar-refractivity contribution in [3.05, 3.63) is 41.5 Å². The number of rotatable bonds is 27. The third-order valence-electron chi connectivity index (χ3n) is 18.7. The van der Waals surface area contributed by atoms with E-state index in [4.69, 9.17) is 18.9 Å². The fraction of sp³-hybridized carbons (Fsp3) is 0.810. The summed E-state index contributed by atoms with van der Waals surface area (Å²) in [7, 11) is 1.62. The summed E-state index contributed by atoms with van der Waals surface area (Å²) in [6.07, 6.45) is 22.2. The Balaban J connectivity index is 1.06. The molecule has 420 valence electrons. The van der Waals surface area contributed by atoms with Gasteiger partial charge in [0.15, 0.2) is 0 Å². The first-order valence-corrected chi connectivity index (χ1v) is 29.5. The van der Waals surface area contributed by atoms with Gasteiger partial charge in [-0.25, -0.2) is 9.59 Å². The zero-order valence-electron chi connectivity index (χ0n) is 49.2. The van der Waals surface area contributed by atoms with Crippen LogP contribution in [0.1, 0.15) is 230 Å². The van der Waals surface area contributed by atoms with Gasteiger partial charge in [-0.05, 0) is 195 Å². The van der Waals surface area contributed by atoms with Crippen LogP contribution in [0.3, 0.4) is 0 Å². The number of benzene rings is 1. The van der Waals surface area contributed by atoms with Crippen molar-refractivity contribution in [1.82, 2.24) is 15.5 Å². The molecule has 3 fully saturated rings. The van der Waals surface area contributed by atoms with Gasteiger partial charge in [0, 0.05) is 43.4 Å². The number of esters is 1. The number of carbonyl (C=O) groups excluding carboxylic acids is 4. The number of carbonyl (C=O) groups is 4. The van der Waals surface area contributed by atoms with E-state index in [1.54, 1.807) is 7.11 Å². The number of fused-ring (bicyclic) bond motifs is 5. The van der Waals surface area contributed by atoms with Crippen LogP contribution < -0.4 is 15.4 Å². The summed E-state index contributed by atoms with van der Waals surface area (Å²) in [4.78, 5) is 54.5. The van der Waals surface area contributed by atoms with Crippen LogP contribution >= 0.6 is 0 Å². The number of ether oxygens (including phenoxy) is 4. The van der Waals surface area contributed by atoms with Gasteiger partial charge in [-0.1, -0.05) is 104 Å². The van der Waals surface area contributed by atoms with Crippen molar-refractivity contribution in [2.24, 2.45) is 52.3 Å². The summed E-state index contributed by atoms with van der Waals surface area (Å²) in [5.74, 6) is 6.16. The van der Waals surface area contributed by atoms with Crippen LogP contribution in [0.15, 0.2) is 35.9 Å². The van der Waals surface area contributed by atoms with Crippen LogP contribution in [0.2, 0.25) is 0 Å². The SMILES string of the molecule is CC[C@H](CC[C@@H](C)C1CCC2C3CC=C4CC(OC(=O)CCCC(=O)N(CCCCCCCC(C)(C)NC(=O)OCc5ccc(OC)cc5)CCC(C)(C)NC(=O)OC(C)(C)C)CCC4(C)C3CCC21C)C(C)C. The first-order valence-electron chi connectivity index (χ1n) is 29.5. The number of allylic oxidation sites excluding steroid dienone is 1. The minimum atomic E-state index is -0.615. The van der Waals surface area contributed by atoms with Gasteiger partial charge in [0.05, 0.1) is 7.11 Å². The van der Waals surface area contributed by atoms with Crippen LogP contribution in [0.4, 0.5) is 9.59 Å². The molecule has 0 aromatic heterocycles. The van der Waals surface area contributed by atoms with Crippen LogP contribution in [0, 0.1) is 52.3 Å². The summed E-state index contributed by atoms with van der Waals surface area (Å²) in [6.45, 7) is 29.7. The van der Waals surface area contributed by atoms with E-state index in [-0.39, 0.29) is 42.8 Å². The predicted octanol–water partition coefficient (Wildman–Crippen LogP) is 15.3. The number of amides is 3. The van der Waals surface area contributed by atoms with Crippen molar-refractivity contribution < 1.29 is 38.1 Å². The highest BCUT2D eigenvalue weighted by Gasteiger charge is 2.59. The average Bonchev–Trinajstić information content (AvgIpc) is 3.68. The molecule has 2 N–H and O–H groups in total. The molecule has 4 aliphatic carbocycles. The fourth-order valence-electron chi connectivity index (χ4n) is 14.2. The average molecular weight is 1030 g/mol. The highest BCUT2D eigenvalue weighted by Crippen LogP contribution is 2.67. The molecule has 3 saturated carbocycles. The molecule has 74 heavy (non-hydrogen) atoms. The number of nitrogens with zero attached hydrogens (tertiary/aromatic N) is 1. The van der Waals surface area contributed by atoms with Crippen LogP contribution in [0.25, 0.3) is 0 Å². The molecular weight excluding hydrogens is 927 g/mol. The third kappa shape index (κ3) is 17.6. The molecule has 4 aliphatic rings. The van der Waals surface area contributed by atoms with Gasteiger partial charge < -0.3 is 34.5 Å². The highest BCUT2D eigenvalue weighted by atomic mass is 16.6. The molecule has 11 nitrogen and oxygen atoms in total. The highest BCUT2D eigenvalue weighted by molar-refractivity contribution is 5.77. The number of unbranched alkanes of at least 4 members (excludes halogenated alkanes) is 4. The maximum atomic E-state index is 13.9. The van der Waals surface area contributed by atoms with E-state index in [2.05, 4.69) is 58.3 Å². The molecule has 7 unspecified atom stereocenters. The van der Waals surface area contributed by atoms with Gasteiger partial charge in [-0.3, -0.25) is 9.59 Å². The quantitative estimate of drug-likeness (QED) is 0.0385. The third-order valence-corrected chi connectivity index (χ3v) is 18.7. The fourth-order valence-corrected chi connectivity index (χ4v) is 14.2. The van der Waals surface area contributed by atoms with Crippen LogP contribution in [-0.4, -0.2) is 71.9 Å². The molecular formula is C63H105N3O8. The van der Waals surface area contributed by atoms with Crippen molar-refractivity contribution in [3.63, 3.8) is 0 Å². The Kier molecular flexibility index (Phi) is 22.3. The Hall–Kier alpha value is -3.76. The van der Waals surface area contributed by atoms with Gasteiger partial charge in [-0.2, -0.15) is 0 Å². The molecule has 5 rings (SSSR count). The molecule has 0 saturated heterocycles. The monoisotopic (exact) mass is 1030 g/mol. The Labute approximate surface area is 449 Å². The zero-order chi connectivity index (χ0) is 54.5. The largest absolute Gasteiger partial charge is 0.497 e. The van der Waals surface area contributed by atoms with Crippen molar-refractivity contribution >= 4 is 24.1 Å².